The van der Waals surface area contributed by atoms with E-state index in [4.69, 9.17) is 0 Å². The minimum absolute atomic E-state index is 0.321. The van der Waals surface area contributed by atoms with Gasteiger partial charge in [0.25, 0.3) is 0 Å². The average Bonchev–Trinajstić information content (AvgIpc) is 2.96. The fraction of sp³-hybridized carbons (Fsp3) is 0.167. The lowest BCUT2D eigenvalue weighted by atomic mass is 9.69. The van der Waals surface area contributed by atoms with Crippen LogP contribution < -0.4 is 26.2 Å². The van der Waals surface area contributed by atoms with Gasteiger partial charge in [-0.2, -0.15) is 0 Å². The fourth-order valence-corrected chi connectivity index (χ4v) is 6.59. The highest BCUT2D eigenvalue weighted by Crippen LogP contribution is 2.41. The monoisotopic (exact) mass is 477 g/mol. The summed E-state index contributed by atoms with van der Waals surface area (Å²) in [5, 5.41) is 9.13. The molecule has 3 atom stereocenters. The van der Waals surface area contributed by atoms with Crippen molar-refractivity contribution >= 4 is 28.5 Å². The second-order valence-electron chi connectivity index (χ2n) is 10.5. The molecule has 0 radical (unpaired) electrons. The molecule has 3 unspecified atom stereocenters. The second kappa shape index (κ2) is 9.09. The molecule has 1 heterocycles. The standard InChI is InChI=1S/C36H31N/c1-24-10-8-19-34(37-24)26-20-22-27(23-21-26)35-30-14-4-6-16-32(30)36(33-17-7-5-15-31(33)35)29-18-9-12-25-11-2-3-13-28(25)29/h2-8,10-17,19-24,30,32,37H,9,18H2,1H3. The lowest BCUT2D eigenvalue weighted by Crippen LogP contribution is -2.42. The van der Waals surface area contributed by atoms with Gasteiger partial charge in [0.2, 0.25) is 0 Å². The summed E-state index contributed by atoms with van der Waals surface area (Å²) in [6.45, 7) is 2.19. The van der Waals surface area contributed by atoms with E-state index < -0.39 is 0 Å². The molecule has 7 rings (SSSR count). The second-order valence-corrected chi connectivity index (χ2v) is 10.5. The van der Waals surface area contributed by atoms with Crippen molar-refractivity contribution in [1.82, 2.24) is 5.32 Å². The molecule has 0 spiro atoms. The molecule has 3 aliphatic carbocycles. The molecule has 3 aromatic carbocycles. The van der Waals surface area contributed by atoms with Crippen molar-refractivity contribution < 1.29 is 0 Å². The molecule has 1 N–H and O–H groups in total. The number of hydrogen-bond acceptors (Lipinski definition) is 1. The highest BCUT2D eigenvalue weighted by molar-refractivity contribution is 5.94. The van der Waals surface area contributed by atoms with Crippen LogP contribution in [0.4, 0.5) is 0 Å². The lowest BCUT2D eigenvalue weighted by molar-refractivity contribution is 0.688. The Morgan fingerprint density at radius 3 is 2.05 bits per heavy atom. The molecule has 0 bridgehead atoms. The van der Waals surface area contributed by atoms with Gasteiger partial charge in [-0.15, -0.1) is 0 Å². The molecule has 37 heavy (non-hydrogen) atoms. The number of nitrogens with one attached hydrogen (secondary N) is 1. The van der Waals surface area contributed by atoms with E-state index in [1.54, 1.807) is 0 Å². The van der Waals surface area contributed by atoms with Crippen molar-refractivity contribution in [1.29, 1.82) is 0 Å². The number of dihydropyridines is 1. The van der Waals surface area contributed by atoms with Crippen molar-refractivity contribution in [3.05, 3.63) is 147 Å². The number of fused-ring (bicyclic) bond motifs is 3. The normalized spacial score (nSPS) is 23.4. The van der Waals surface area contributed by atoms with Crippen LogP contribution in [0.1, 0.15) is 30.9 Å². The molecular weight excluding hydrogens is 446 g/mol. The van der Waals surface area contributed by atoms with Gasteiger partial charge >= 0.3 is 0 Å². The van der Waals surface area contributed by atoms with Crippen molar-refractivity contribution in [3.63, 3.8) is 0 Å². The van der Waals surface area contributed by atoms with E-state index in [0.717, 1.165) is 12.8 Å². The van der Waals surface area contributed by atoms with Gasteiger partial charge in [-0.25, -0.2) is 0 Å². The van der Waals surface area contributed by atoms with E-state index in [1.165, 1.54) is 54.4 Å². The van der Waals surface area contributed by atoms with Crippen LogP contribution in [0, 0.1) is 11.8 Å². The van der Waals surface area contributed by atoms with E-state index in [9.17, 15) is 0 Å². The van der Waals surface area contributed by atoms with Crippen molar-refractivity contribution in [3.8, 4) is 0 Å². The highest BCUT2D eigenvalue weighted by atomic mass is 14.9. The predicted molar refractivity (Wildman–Crippen MR) is 156 cm³/mol. The SMILES string of the molecule is CC1C=CC=C(c2ccc(C3=c4ccccc4=C(C4=c5ccccc5=CCC4)C4C=CC=CC34)cc2)N1. The Kier molecular flexibility index (Phi) is 5.43. The van der Waals surface area contributed by atoms with Crippen molar-refractivity contribution in [2.24, 2.45) is 11.8 Å². The summed E-state index contributed by atoms with van der Waals surface area (Å²) in [5.41, 5.74) is 8.21. The Labute approximate surface area is 218 Å². The Hall–Kier alpha value is -4.10. The third-order valence-corrected chi connectivity index (χ3v) is 8.23. The van der Waals surface area contributed by atoms with E-state index in [2.05, 4.69) is 134 Å². The molecule has 1 heteroatoms. The van der Waals surface area contributed by atoms with Crippen LogP contribution in [0.15, 0.2) is 115 Å². The quantitative estimate of drug-likeness (QED) is 0.576. The van der Waals surface area contributed by atoms with E-state index in [0.29, 0.717) is 17.9 Å². The first-order valence-corrected chi connectivity index (χ1v) is 13.5. The van der Waals surface area contributed by atoms with Gasteiger partial charge in [-0.3, -0.25) is 0 Å². The first-order chi connectivity index (χ1) is 18.3. The molecule has 1 nitrogen and oxygen atoms in total. The zero-order chi connectivity index (χ0) is 24.8. The van der Waals surface area contributed by atoms with Gasteiger partial charge in [0, 0.05) is 23.6 Å². The summed E-state index contributed by atoms with van der Waals surface area (Å²) < 4.78 is 0. The smallest absolute Gasteiger partial charge is 0.0419 e. The minimum Gasteiger partial charge on any atom is -0.379 e. The number of benzene rings is 3. The zero-order valence-corrected chi connectivity index (χ0v) is 21.2. The fourth-order valence-electron chi connectivity index (χ4n) is 6.59. The zero-order valence-electron chi connectivity index (χ0n) is 21.2. The maximum atomic E-state index is 3.58. The van der Waals surface area contributed by atoms with Gasteiger partial charge < -0.3 is 5.32 Å². The minimum atomic E-state index is 0.321. The van der Waals surface area contributed by atoms with Crippen LogP contribution in [-0.2, 0) is 0 Å². The molecular formula is C36H31N. The van der Waals surface area contributed by atoms with Crippen LogP contribution in [0.25, 0.3) is 28.5 Å². The van der Waals surface area contributed by atoms with Gasteiger partial charge in [0.05, 0.1) is 0 Å². The first kappa shape index (κ1) is 22.1. The summed E-state index contributed by atoms with van der Waals surface area (Å²) in [7, 11) is 0. The van der Waals surface area contributed by atoms with Gasteiger partial charge in [0.15, 0.2) is 0 Å². The molecule has 1 aliphatic heterocycles. The van der Waals surface area contributed by atoms with Crippen LogP contribution in [-0.4, -0.2) is 6.04 Å². The average molecular weight is 478 g/mol. The molecule has 0 aromatic heterocycles. The van der Waals surface area contributed by atoms with Gasteiger partial charge in [0.1, 0.15) is 0 Å². The Morgan fingerprint density at radius 2 is 1.30 bits per heavy atom. The first-order valence-electron chi connectivity index (χ1n) is 13.5. The summed E-state index contributed by atoms with van der Waals surface area (Å²) in [6.07, 6.45) is 20.4. The molecule has 0 amide bonds. The predicted octanol–water partition coefficient (Wildman–Crippen LogP) is 4.72. The number of allylic oxidation sites excluding steroid dienone is 6. The van der Waals surface area contributed by atoms with E-state index in [1.807, 2.05) is 0 Å². The van der Waals surface area contributed by atoms with Crippen LogP contribution in [0.3, 0.4) is 0 Å². The summed E-state index contributed by atoms with van der Waals surface area (Å²) in [4.78, 5) is 0. The molecule has 4 aliphatic rings. The van der Waals surface area contributed by atoms with Crippen molar-refractivity contribution in [2.75, 3.05) is 0 Å². The third kappa shape index (κ3) is 3.78. The highest BCUT2D eigenvalue weighted by Gasteiger charge is 2.32. The van der Waals surface area contributed by atoms with Crippen LogP contribution >= 0.6 is 0 Å². The van der Waals surface area contributed by atoms with Crippen LogP contribution in [0.2, 0.25) is 0 Å². The number of hydrogen-bond donors (Lipinski definition) is 1. The maximum absolute atomic E-state index is 3.58. The Balaban J connectivity index is 1.48. The summed E-state index contributed by atoms with van der Waals surface area (Å²) >= 11 is 0. The molecule has 0 saturated carbocycles. The summed E-state index contributed by atoms with van der Waals surface area (Å²) in [6, 6.07) is 27.6. The maximum Gasteiger partial charge on any atom is 0.0419 e. The Morgan fingerprint density at radius 1 is 0.649 bits per heavy atom. The Bertz CT molecular complexity index is 1760. The van der Waals surface area contributed by atoms with Crippen molar-refractivity contribution in [2.45, 2.75) is 25.8 Å². The third-order valence-electron chi connectivity index (χ3n) is 8.23. The molecule has 0 saturated heterocycles. The van der Waals surface area contributed by atoms with E-state index >= 15 is 0 Å². The topological polar surface area (TPSA) is 12.0 Å². The summed E-state index contributed by atoms with van der Waals surface area (Å²) in [5.74, 6) is 0.658. The molecule has 3 aromatic rings. The van der Waals surface area contributed by atoms with Gasteiger partial charge in [-0.05, 0) is 74.6 Å². The molecule has 0 fully saturated rings. The number of rotatable bonds is 3. The van der Waals surface area contributed by atoms with E-state index in [-0.39, 0.29) is 0 Å². The molecule has 180 valence electrons. The van der Waals surface area contributed by atoms with Crippen LogP contribution in [0.5, 0.6) is 0 Å². The lowest BCUT2D eigenvalue weighted by Gasteiger charge is -2.34. The van der Waals surface area contributed by atoms with Gasteiger partial charge in [-0.1, -0.05) is 115 Å². The largest absolute Gasteiger partial charge is 0.379 e.